The van der Waals surface area contributed by atoms with Crippen LogP contribution in [0.5, 0.6) is 0 Å². The third-order valence-electron chi connectivity index (χ3n) is 3.92. The van der Waals surface area contributed by atoms with Crippen molar-refractivity contribution in [2.24, 2.45) is 0 Å². The second-order valence-electron chi connectivity index (χ2n) is 5.84. The predicted octanol–water partition coefficient (Wildman–Crippen LogP) is 3.56. The van der Waals surface area contributed by atoms with Gasteiger partial charge in [0.05, 0.1) is 10.6 Å². The summed E-state index contributed by atoms with van der Waals surface area (Å²) < 4.78 is 0. The third kappa shape index (κ3) is 3.19. The summed E-state index contributed by atoms with van der Waals surface area (Å²) in [6.45, 7) is 2.11. The Morgan fingerprint density at radius 3 is 3.00 bits per heavy atom. The summed E-state index contributed by atoms with van der Waals surface area (Å²) in [7, 11) is 0. The third-order valence-corrected chi connectivity index (χ3v) is 6.21. The van der Waals surface area contributed by atoms with E-state index >= 15 is 0 Å². The quantitative estimate of drug-likeness (QED) is 0.873. The number of rotatable bonds is 2. The van der Waals surface area contributed by atoms with Gasteiger partial charge in [-0.3, -0.25) is 4.79 Å². The van der Waals surface area contributed by atoms with Crippen LogP contribution in [0.25, 0.3) is 0 Å². The summed E-state index contributed by atoms with van der Waals surface area (Å²) in [6, 6.07) is 11.0. The lowest BCUT2D eigenvalue weighted by atomic mass is 10.1. The van der Waals surface area contributed by atoms with Crippen LogP contribution in [0.1, 0.15) is 11.3 Å². The lowest BCUT2D eigenvalue weighted by Gasteiger charge is -2.27. The zero-order chi connectivity index (χ0) is 15.8. The van der Waals surface area contributed by atoms with Gasteiger partial charge >= 0.3 is 0 Å². The fourth-order valence-corrected chi connectivity index (χ4v) is 4.59. The minimum atomic E-state index is 0.0305. The van der Waals surface area contributed by atoms with Crippen LogP contribution in [0.2, 0.25) is 0 Å². The van der Waals surface area contributed by atoms with Crippen LogP contribution in [0.4, 0.5) is 11.5 Å². The van der Waals surface area contributed by atoms with Crippen LogP contribution in [0.3, 0.4) is 0 Å². The molecule has 4 rings (SSSR count). The van der Waals surface area contributed by atoms with Crippen LogP contribution < -0.4 is 10.6 Å². The number of aryl methyl sites for hydroxylation is 1. The summed E-state index contributed by atoms with van der Waals surface area (Å²) in [5.41, 5.74) is 3.50. The Balaban J connectivity index is 1.51. The normalized spacial score (nSPS) is 19.3. The molecule has 2 aliphatic heterocycles. The highest BCUT2D eigenvalue weighted by Gasteiger charge is 2.21. The van der Waals surface area contributed by atoms with Gasteiger partial charge in [-0.15, -0.1) is 23.5 Å². The van der Waals surface area contributed by atoms with Crippen molar-refractivity contribution in [2.45, 2.75) is 29.2 Å². The molecule has 118 valence electrons. The van der Waals surface area contributed by atoms with E-state index in [1.54, 1.807) is 11.8 Å². The number of benzene rings is 1. The summed E-state index contributed by atoms with van der Waals surface area (Å²) in [6.07, 6.45) is 0.855. The molecule has 3 heterocycles. The number of nitrogens with zero attached hydrogens (tertiary/aromatic N) is 1. The Kier molecular flexibility index (Phi) is 3.95. The van der Waals surface area contributed by atoms with Gasteiger partial charge in [0.2, 0.25) is 5.91 Å². The van der Waals surface area contributed by atoms with Gasteiger partial charge in [-0.2, -0.15) is 0 Å². The number of aromatic nitrogens is 1. The van der Waals surface area contributed by atoms with E-state index in [9.17, 15) is 4.79 Å². The predicted molar refractivity (Wildman–Crippen MR) is 96.6 cm³/mol. The maximum absolute atomic E-state index is 11.5. The van der Waals surface area contributed by atoms with Gasteiger partial charge in [0.25, 0.3) is 0 Å². The molecule has 6 heteroatoms. The van der Waals surface area contributed by atoms with Crippen molar-refractivity contribution >= 4 is 40.9 Å². The number of amides is 1. The number of hydrogen-bond acceptors (Lipinski definition) is 5. The van der Waals surface area contributed by atoms with Gasteiger partial charge in [-0.05, 0) is 36.8 Å². The van der Waals surface area contributed by atoms with E-state index in [-0.39, 0.29) is 5.91 Å². The van der Waals surface area contributed by atoms with Crippen molar-refractivity contribution in [2.75, 3.05) is 22.1 Å². The first-order valence-electron chi connectivity index (χ1n) is 7.60. The molecule has 2 aromatic rings. The number of hydrogen-bond donors (Lipinski definition) is 2. The van der Waals surface area contributed by atoms with E-state index in [0.29, 0.717) is 17.6 Å². The maximum Gasteiger partial charge on any atom is 0.235 e. The molecule has 4 nitrogen and oxygen atoms in total. The number of fused-ring (bicyclic) bond motifs is 2. The van der Waals surface area contributed by atoms with Crippen molar-refractivity contribution in [1.29, 1.82) is 0 Å². The number of carbonyl (C=O) groups excluding carboxylic acids is 1. The molecular weight excluding hydrogens is 326 g/mol. The maximum atomic E-state index is 11.5. The largest absolute Gasteiger partial charge is 0.380 e. The number of carbonyl (C=O) groups is 1. The van der Waals surface area contributed by atoms with Crippen LogP contribution in [0, 0.1) is 6.92 Å². The Labute approximate surface area is 143 Å². The lowest BCUT2D eigenvalue weighted by Crippen LogP contribution is -2.29. The minimum absolute atomic E-state index is 0.0305. The average molecular weight is 343 g/mol. The molecule has 2 aliphatic rings. The Morgan fingerprint density at radius 1 is 1.22 bits per heavy atom. The van der Waals surface area contributed by atoms with Crippen LogP contribution in [-0.4, -0.2) is 28.4 Å². The number of pyridine rings is 1. The van der Waals surface area contributed by atoms with E-state index in [1.165, 1.54) is 16.1 Å². The molecule has 0 saturated heterocycles. The highest BCUT2D eigenvalue weighted by Crippen LogP contribution is 2.35. The number of thioether (sulfide) groups is 2. The molecule has 1 unspecified atom stereocenters. The summed E-state index contributed by atoms with van der Waals surface area (Å²) >= 11 is 3.44. The van der Waals surface area contributed by atoms with Crippen LogP contribution in [0.15, 0.2) is 40.1 Å². The first-order chi connectivity index (χ1) is 11.2. The Hall–Kier alpha value is -1.66. The van der Waals surface area contributed by atoms with Crippen LogP contribution >= 0.6 is 23.5 Å². The Bertz CT molecular complexity index is 778. The molecule has 1 aromatic heterocycles. The molecule has 0 fully saturated rings. The highest BCUT2D eigenvalue weighted by atomic mass is 32.2. The van der Waals surface area contributed by atoms with Gasteiger partial charge in [-0.25, -0.2) is 4.98 Å². The van der Waals surface area contributed by atoms with E-state index in [1.807, 2.05) is 11.8 Å². The topological polar surface area (TPSA) is 54.0 Å². The summed E-state index contributed by atoms with van der Waals surface area (Å²) in [4.78, 5) is 18.5. The van der Waals surface area contributed by atoms with Gasteiger partial charge in [0.15, 0.2) is 0 Å². The summed E-state index contributed by atoms with van der Waals surface area (Å²) in [5, 5.41) is 6.49. The zero-order valence-corrected chi connectivity index (χ0v) is 14.4. The first kappa shape index (κ1) is 14.9. The van der Waals surface area contributed by atoms with Crippen molar-refractivity contribution < 1.29 is 4.79 Å². The summed E-state index contributed by atoms with van der Waals surface area (Å²) in [5.74, 6) is 2.24. The monoisotopic (exact) mass is 343 g/mol. The fraction of sp³-hybridized carbons (Fsp3) is 0.294. The fourth-order valence-electron chi connectivity index (χ4n) is 2.81. The van der Waals surface area contributed by atoms with E-state index < -0.39 is 0 Å². The SMILES string of the molecule is Cc1ccc2c(c1)NC(Cc1ccc3c(n1)NC(=O)CS3)CS2. The molecule has 1 atom stereocenters. The van der Waals surface area contributed by atoms with Crippen molar-refractivity contribution in [3.8, 4) is 0 Å². The van der Waals surface area contributed by atoms with Crippen molar-refractivity contribution in [3.63, 3.8) is 0 Å². The molecule has 1 aromatic carbocycles. The number of nitrogens with one attached hydrogen (secondary N) is 2. The molecule has 2 N–H and O–H groups in total. The molecule has 0 radical (unpaired) electrons. The van der Waals surface area contributed by atoms with E-state index in [4.69, 9.17) is 0 Å². The molecule has 0 saturated carbocycles. The van der Waals surface area contributed by atoms with Gasteiger partial charge in [-0.1, -0.05) is 6.07 Å². The molecule has 0 spiro atoms. The molecule has 23 heavy (non-hydrogen) atoms. The second-order valence-corrected chi connectivity index (χ2v) is 7.92. The van der Waals surface area contributed by atoms with Gasteiger partial charge in [0.1, 0.15) is 5.82 Å². The van der Waals surface area contributed by atoms with E-state index in [0.717, 1.165) is 22.8 Å². The van der Waals surface area contributed by atoms with Crippen molar-refractivity contribution in [3.05, 3.63) is 41.6 Å². The zero-order valence-electron chi connectivity index (χ0n) is 12.8. The van der Waals surface area contributed by atoms with E-state index in [2.05, 4.69) is 52.9 Å². The molecular formula is C17H17N3OS2. The van der Waals surface area contributed by atoms with Crippen LogP contribution in [-0.2, 0) is 11.2 Å². The molecule has 0 aliphatic carbocycles. The first-order valence-corrected chi connectivity index (χ1v) is 9.57. The second kappa shape index (κ2) is 6.09. The van der Waals surface area contributed by atoms with Gasteiger partial charge < -0.3 is 10.6 Å². The molecule has 0 bridgehead atoms. The average Bonchev–Trinajstić information content (AvgIpc) is 2.54. The minimum Gasteiger partial charge on any atom is -0.380 e. The Morgan fingerprint density at radius 2 is 2.09 bits per heavy atom. The number of anilines is 2. The standard InChI is InChI=1S/C17H17N3OS2/c1-10-2-4-14-13(6-10)18-12(8-22-14)7-11-3-5-15-17(19-11)20-16(21)9-23-15/h2-6,12,18H,7-9H2,1H3,(H,19,20,21). The smallest absolute Gasteiger partial charge is 0.235 e. The lowest BCUT2D eigenvalue weighted by molar-refractivity contribution is -0.113. The van der Waals surface area contributed by atoms with Crippen molar-refractivity contribution in [1.82, 2.24) is 4.98 Å². The highest BCUT2D eigenvalue weighted by molar-refractivity contribution is 8.00. The van der Waals surface area contributed by atoms with Gasteiger partial charge in [0, 0.05) is 34.5 Å². The molecule has 1 amide bonds.